The van der Waals surface area contributed by atoms with E-state index in [1.54, 1.807) is 38.1 Å². The topological polar surface area (TPSA) is 170 Å². The number of aromatic nitrogens is 4. The first-order chi connectivity index (χ1) is 36.3. The first-order valence-corrected chi connectivity index (χ1v) is 27.5. The number of rotatable bonds is 7. The number of ether oxygens (including phenoxy) is 2. The van der Waals surface area contributed by atoms with E-state index < -0.39 is 41.4 Å². The summed E-state index contributed by atoms with van der Waals surface area (Å²) in [6.45, 7) is 14.5. The van der Waals surface area contributed by atoms with Gasteiger partial charge in [-0.25, -0.2) is 14.6 Å². The Bertz CT molecular complexity index is 2900. The van der Waals surface area contributed by atoms with Crippen LogP contribution in [0.15, 0.2) is 91.8 Å². The second-order valence-corrected chi connectivity index (χ2v) is 23.4. The summed E-state index contributed by atoms with van der Waals surface area (Å²) in [5.74, 6) is -1.30. The summed E-state index contributed by atoms with van der Waals surface area (Å²) in [6.07, 6.45) is 15.4. The number of likely N-dealkylation sites (tertiary alicyclic amines) is 1. The number of halogens is 2. The summed E-state index contributed by atoms with van der Waals surface area (Å²) < 4.78 is 13.4. The van der Waals surface area contributed by atoms with Crippen molar-refractivity contribution in [2.75, 3.05) is 45.8 Å². The second kappa shape index (κ2) is 26.0. The summed E-state index contributed by atoms with van der Waals surface area (Å²) >= 11 is 12.7. The smallest absolute Gasteiger partial charge is 0.548 e. The molecular weight excluding hydrogens is 1040 g/mol. The molecule has 0 radical (unpaired) electrons. The molecule has 5 unspecified atom stereocenters. The van der Waals surface area contributed by atoms with Crippen LogP contribution in [-0.2, 0) is 51.3 Å². The van der Waals surface area contributed by atoms with Gasteiger partial charge >= 0.3 is 41.7 Å². The van der Waals surface area contributed by atoms with Gasteiger partial charge in [0.1, 0.15) is 17.2 Å². The van der Waals surface area contributed by atoms with E-state index in [1.807, 2.05) is 80.8 Å². The van der Waals surface area contributed by atoms with E-state index in [-0.39, 0.29) is 74.1 Å². The predicted octanol–water partition coefficient (Wildman–Crippen LogP) is 5.75. The number of carbonyl (C=O) groups excluding carboxylic acids is 4. The summed E-state index contributed by atoms with van der Waals surface area (Å²) in [6, 6.07) is 18.0. The van der Waals surface area contributed by atoms with Crippen molar-refractivity contribution < 1.29 is 63.3 Å². The Balaban J connectivity index is 0.000000231. The van der Waals surface area contributed by atoms with E-state index in [0.29, 0.717) is 37.7 Å². The third kappa shape index (κ3) is 14.3. The van der Waals surface area contributed by atoms with Crippen LogP contribution < -0.4 is 34.7 Å². The van der Waals surface area contributed by atoms with Crippen molar-refractivity contribution in [3.8, 4) is 0 Å². The number of piperidine rings is 1. The molecule has 3 saturated heterocycles. The maximum atomic E-state index is 14.6. The Kier molecular flexibility index (Phi) is 20.2. The maximum absolute atomic E-state index is 14.6. The van der Waals surface area contributed by atoms with E-state index in [4.69, 9.17) is 37.7 Å². The Morgan fingerprint density at radius 3 is 1.63 bits per heavy atom. The van der Waals surface area contributed by atoms with Crippen molar-refractivity contribution >= 4 is 47.3 Å². The molecule has 3 amide bonds. The van der Waals surface area contributed by atoms with Gasteiger partial charge in [0.25, 0.3) is 0 Å². The molecule has 6 heterocycles. The van der Waals surface area contributed by atoms with Crippen molar-refractivity contribution in [1.29, 1.82) is 0 Å². The molecular formula is C59H74Cl2N9NaO7. The van der Waals surface area contributed by atoms with Crippen molar-refractivity contribution in [1.82, 2.24) is 44.0 Å². The summed E-state index contributed by atoms with van der Waals surface area (Å²) in [5.41, 5.74) is 7.44. The molecule has 0 bridgehead atoms. The molecule has 16 nitrogen and oxygen atoms in total. The van der Waals surface area contributed by atoms with Crippen LogP contribution in [0.5, 0.6) is 0 Å². The average molecular weight is 1120 g/mol. The van der Waals surface area contributed by atoms with Gasteiger partial charge < -0.3 is 28.8 Å². The number of fused-ring (bicyclic) bond motifs is 4. The van der Waals surface area contributed by atoms with Crippen LogP contribution in [0, 0.1) is 0 Å². The van der Waals surface area contributed by atoms with Crippen molar-refractivity contribution in [3.05, 3.63) is 147 Å². The Morgan fingerprint density at radius 2 is 1.14 bits per heavy atom. The fourth-order valence-electron chi connectivity index (χ4n) is 11.6. The minimum absolute atomic E-state index is 0. The molecule has 3 aliphatic heterocycles. The number of carbonyl (C=O) groups is 4. The third-order valence-electron chi connectivity index (χ3n) is 15.1. The van der Waals surface area contributed by atoms with E-state index in [9.17, 15) is 24.3 Å². The first-order valence-electron chi connectivity index (χ1n) is 26.7. The van der Waals surface area contributed by atoms with E-state index >= 15 is 0 Å². The number of aliphatic carboxylic acids is 1. The fourth-order valence-corrected chi connectivity index (χ4v) is 12.0. The van der Waals surface area contributed by atoms with Crippen LogP contribution in [-0.4, -0.2) is 143 Å². The van der Waals surface area contributed by atoms with Gasteiger partial charge in [-0.15, -0.1) is 0 Å². The zero-order valence-corrected chi connectivity index (χ0v) is 49.0. The van der Waals surface area contributed by atoms with Gasteiger partial charge in [0.05, 0.1) is 41.8 Å². The van der Waals surface area contributed by atoms with E-state index in [2.05, 4.69) is 48.6 Å². The van der Waals surface area contributed by atoms with Crippen molar-refractivity contribution in [2.45, 2.75) is 148 Å². The molecule has 2 aliphatic carbocycles. The second-order valence-electron chi connectivity index (χ2n) is 22.5. The van der Waals surface area contributed by atoms with Crippen LogP contribution in [0.25, 0.3) is 0 Å². The van der Waals surface area contributed by atoms with Crippen LogP contribution in [0.3, 0.4) is 0 Å². The molecule has 19 heteroatoms. The number of amides is 3. The van der Waals surface area contributed by atoms with Gasteiger partial charge in [0, 0.05) is 93.2 Å². The predicted molar refractivity (Wildman–Crippen MR) is 294 cm³/mol. The van der Waals surface area contributed by atoms with Crippen molar-refractivity contribution in [2.24, 2.45) is 0 Å². The molecule has 412 valence electrons. The third-order valence-corrected chi connectivity index (χ3v) is 15.5. The van der Waals surface area contributed by atoms with Crippen LogP contribution in [0.1, 0.15) is 132 Å². The largest absolute Gasteiger partial charge is 1.00 e. The zero-order valence-electron chi connectivity index (χ0n) is 45.5. The van der Waals surface area contributed by atoms with Gasteiger partial charge in [-0.2, -0.15) is 0 Å². The normalized spacial score (nSPS) is 21.5. The SMILES string of the molecule is C.CC(C)(C)OC(=O)N1CCN(C2c3ccc(Cl)cc3CCc3cccnc32)CC1C(=O)N1CCCCC1CCn1ccnc1.CC(C)(C)OC(=O)N1CCN(C2c3ccc(Cl)cc3CCc3cccnc32)CC1C(=O)[O-].[Na+]. The number of piperazine rings is 2. The summed E-state index contributed by atoms with van der Waals surface area (Å²) in [4.78, 5) is 76.1. The molecule has 3 fully saturated rings. The summed E-state index contributed by atoms with van der Waals surface area (Å²) in [5, 5.41) is 13.4. The number of imidazole rings is 1. The van der Waals surface area contributed by atoms with Gasteiger partial charge in [0.2, 0.25) is 5.91 Å². The monoisotopic (exact) mass is 1110 g/mol. The molecule has 0 saturated carbocycles. The van der Waals surface area contributed by atoms with Gasteiger partial charge in [0.15, 0.2) is 0 Å². The number of hydrogen-bond donors (Lipinski definition) is 0. The quantitative estimate of drug-likeness (QED) is 0.181. The minimum atomic E-state index is -1.30. The Morgan fingerprint density at radius 1 is 0.641 bits per heavy atom. The van der Waals surface area contributed by atoms with Crippen LogP contribution in [0.2, 0.25) is 10.0 Å². The molecule has 10 rings (SSSR count). The number of aryl methyl sites for hydroxylation is 5. The Labute approximate surface area is 492 Å². The summed E-state index contributed by atoms with van der Waals surface area (Å²) in [7, 11) is 0. The Hall–Kier alpha value is -5.07. The van der Waals surface area contributed by atoms with Gasteiger partial charge in [-0.05, 0) is 163 Å². The molecule has 5 aromatic rings. The van der Waals surface area contributed by atoms with E-state index in [0.717, 1.165) is 91.0 Å². The van der Waals surface area contributed by atoms with Crippen LogP contribution >= 0.6 is 23.2 Å². The van der Waals surface area contributed by atoms with Gasteiger partial charge in [-0.1, -0.05) is 54.9 Å². The van der Waals surface area contributed by atoms with Gasteiger partial charge in [-0.3, -0.25) is 34.4 Å². The molecule has 3 aromatic heterocycles. The number of carboxylic acid groups (broad SMARTS) is 1. The van der Waals surface area contributed by atoms with Crippen molar-refractivity contribution in [3.63, 3.8) is 0 Å². The molecule has 5 aliphatic rings. The first kappa shape index (κ1) is 60.6. The zero-order chi connectivity index (χ0) is 53.9. The number of pyridine rings is 2. The minimum Gasteiger partial charge on any atom is -0.548 e. The number of benzene rings is 2. The van der Waals surface area contributed by atoms with Crippen LogP contribution in [0.4, 0.5) is 9.59 Å². The maximum Gasteiger partial charge on any atom is 1.00 e. The van der Waals surface area contributed by atoms with E-state index in [1.165, 1.54) is 21.6 Å². The molecule has 78 heavy (non-hydrogen) atoms. The standard InChI is InChI=1S/C34H43ClN6O3.C24H28ClN3O4.CH4.Na/c1-34(2,3)44-33(43)41-20-19-39(31-28-12-11-26(35)21-25(28)10-9-24-7-6-14-37-30(24)31)22-29(41)32(42)40-16-5-4-8-27(40)13-17-38-18-15-36-23-38;1-24(2,3)32-23(31)28-12-11-27(14-19(28)22(29)30)21-18-9-8-17(25)13-16(18)7-6-15-5-4-10-26-20(15)21;;/h6-7,11-12,14-15,18,21,23,27,29,31H,4-5,8-10,13,16-17,19-20,22H2,1-3H3;4-5,8-10,13,19,21H,6-7,11-12,14H2,1-3H3,(H,29,30);1H4;/q;;;+1/p-1. The number of nitrogens with zero attached hydrogens (tertiary/aromatic N) is 9. The molecule has 2 aromatic carbocycles. The molecule has 5 atom stereocenters. The molecule has 0 spiro atoms. The number of hydrogen-bond acceptors (Lipinski definition) is 12. The molecule has 0 N–H and O–H groups in total. The average Bonchev–Trinajstić information content (AvgIpc) is 3.81. The fraction of sp³-hybridized carbons (Fsp3) is 0.508. The number of carboxylic acids is 1.